The Morgan fingerprint density at radius 2 is 1.00 bits per heavy atom. The molecule has 0 aromatic heterocycles. The molecule has 0 heterocycles. The molecule has 18 heavy (non-hydrogen) atoms. The van der Waals surface area contributed by atoms with Crippen LogP contribution in [0.3, 0.4) is 0 Å². The van der Waals surface area contributed by atoms with Gasteiger partial charge in [-0.3, -0.25) is 0 Å². The Morgan fingerprint density at radius 1 is 0.667 bits per heavy atom. The maximum atomic E-state index is 2.45. The lowest BCUT2D eigenvalue weighted by Crippen LogP contribution is -3.00. The fourth-order valence-electron chi connectivity index (χ4n) is 2.21. The van der Waals surface area contributed by atoms with Crippen molar-refractivity contribution in [3.8, 4) is 0 Å². The molecule has 0 aliphatic rings. The van der Waals surface area contributed by atoms with Crippen molar-refractivity contribution >= 4 is 7.26 Å². The zero-order valence-electron chi connectivity index (χ0n) is 11.0. The standard InChI is InChI=1S/C16H20P.ClH/c1-17(2,13-15-9-5-3-6-10-15)14-16-11-7-4-8-12-16;/h3-12H,13-14H2,1-2H3;1H/q+1;/p-1. The van der Waals surface area contributed by atoms with Crippen LogP contribution in [0.25, 0.3) is 0 Å². The Hall–Kier alpha value is -0.840. The molecule has 0 N–H and O–H groups in total. The molecule has 0 saturated carbocycles. The van der Waals surface area contributed by atoms with E-state index >= 15 is 0 Å². The summed E-state index contributed by atoms with van der Waals surface area (Å²) in [6.07, 6.45) is 2.48. The van der Waals surface area contributed by atoms with Gasteiger partial charge in [0.15, 0.2) is 0 Å². The van der Waals surface area contributed by atoms with Crippen molar-refractivity contribution in [2.75, 3.05) is 13.3 Å². The molecule has 0 atom stereocenters. The fraction of sp³-hybridized carbons (Fsp3) is 0.250. The average molecular weight is 279 g/mol. The normalized spacial score (nSPS) is 10.8. The van der Waals surface area contributed by atoms with E-state index in [4.69, 9.17) is 0 Å². The molecular weight excluding hydrogens is 259 g/mol. The van der Waals surface area contributed by atoms with Crippen LogP contribution < -0.4 is 12.4 Å². The number of hydrogen-bond donors (Lipinski definition) is 0. The van der Waals surface area contributed by atoms with Crippen molar-refractivity contribution in [3.63, 3.8) is 0 Å². The van der Waals surface area contributed by atoms with E-state index in [1.807, 2.05) is 0 Å². The van der Waals surface area contributed by atoms with Gasteiger partial charge in [0.1, 0.15) is 0 Å². The highest BCUT2D eigenvalue weighted by atomic mass is 35.5. The Bertz CT molecular complexity index is 408. The van der Waals surface area contributed by atoms with E-state index in [2.05, 4.69) is 74.0 Å². The van der Waals surface area contributed by atoms with Crippen LogP contribution in [0.2, 0.25) is 0 Å². The summed E-state index contributed by atoms with van der Waals surface area (Å²) in [5.41, 5.74) is 2.95. The summed E-state index contributed by atoms with van der Waals surface area (Å²) in [6.45, 7) is 4.90. The molecule has 0 bridgehead atoms. The molecule has 96 valence electrons. The summed E-state index contributed by atoms with van der Waals surface area (Å²) in [5, 5.41) is 0. The van der Waals surface area contributed by atoms with E-state index in [0.717, 1.165) is 0 Å². The number of rotatable bonds is 4. The van der Waals surface area contributed by atoms with E-state index in [-0.39, 0.29) is 12.4 Å². The van der Waals surface area contributed by atoms with Crippen LogP contribution in [0, 0.1) is 0 Å². The molecule has 0 spiro atoms. The molecule has 0 aliphatic carbocycles. The molecular formula is C16H20ClP. The minimum atomic E-state index is -0.886. The third kappa shape index (κ3) is 4.80. The van der Waals surface area contributed by atoms with Gasteiger partial charge in [0.25, 0.3) is 0 Å². The first-order chi connectivity index (χ1) is 8.16. The van der Waals surface area contributed by atoms with Crippen molar-refractivity contribution in [3.05, 3.63) is 71.8 Å². The topological polar surface area (TPSA) is 0 Å². The second-order valence-electron chi connectivity index (χ2n) is 5.22. The predicted molar refractivity (Wildman–Crippen MR) is 79.1 cm³/mol. The lowest BCUT2D eigenvalue weighted by atomic mass is 10.2. The van der Waals surface area contributed by atoms with Crippen molar-refractivity contribution in [1.29, 1.82) is 0 Å². The Kier molecular flexibility index (Phi) is 5.85. The first-order valence-electron chi connectivity index (χ1n) is 6.06. The van der Waals surface area contributed by atoms with E-state index in [0.29, 0.717) is 0 Å². The minimum absolute atomic E-state index is 0. The number of hydrogen-bond acceptors (Lipinski definition) is 0. The fourth-order valence-corrected chi connectivity index (χ4v) is 4.72. The maximum absolute atomic E-state index is 2.45. The molecule has 0 saturated heterocycles. The predicted octanol–water partition coefficient (Wildman–Crippen LogP) is 1.67. The van der Waals surface area contributed by atoms with Crippen LogP contribution in [-0.2, 0) is 12.3 Å². The molecule has 0 unspecified atom stereocenters. The van der Waals surface area contributed by atoms with Crippen LogP contribution in [0.4, 0.5) is 0 Å². The minimum Gasteiger partial charge on any atom is -1.00 e. The highest BCUT2D eigenvalue weighted by molar-refractivity contribution is 7.72. The first kappa shape index (κ1) is 15.2. The van der Waals surface area contributed by atoms with Crippen molar-refractivity contribution in [1.82, 2.24) is 0 Å². The third-order valence-electron chi connectivity index (χ3n) is 2.91. The molecule has 0 amide bonds. The van der Waals surface area contributed by atoms with Gasteiger partial charge in [-0.05, 0) is 11.1 Å². The largest absolute Gasteiger partial charge is 1.00 e. The monoisotopic (exact) mass is 278 g/mol. The molecule has 0 radical (unpaired) electrons. The average Bonchev–Trinajstić information content (AvgIpc) is 2.30. The Labute approximate surface area is 117 Å². The van der Waals surface area contributed by atoms with Crippen LogP contribution in [0.15, 0.2) is 60.7 Å². The lowest BCUT2D eigenvalue weighted by Gasteiger charge is -2.18. The van der Waals surface area contributed by atoms with Crippen LogP contribution in [-0.4, -0.2) is 13.3 Å². The molecule has 2 rings (SSSR count). The van der Waals surface area contributed by atoms with E-state index < -0.39 is 7.26 Å². The quantitative estimate of drug-likeness (QED) is 0.747. The smallest absolute Gasteiger partial charge is 0.0840 e. The summed E-state index contributed by atoms with van der Waals surface area (Å²) < 4.78 is 0. The SMILES string of the molecule is C[P+](C)(Cc1ccccc1)Cc1ccccc1.[Cl-]. The molecule has 2 aromatic rings. The second kappa shape index (κ2) is 6.92. The third-order valence-corrected chi connectivity index (χ3v) is 5.35. The van der Waals surface area contributed by atoms with E-state index in [9.17, 15) is 0 Å². The van der Waals surface area contributed by atoms with Gasteiger partial charge in [0.2, 0.25) is 0 Å². The lowest BCUT2D eigenvalue weighted by molar-refractivity contribution is -0.00000376. The Morgan fingerprint density at radius 3 is 1.33 bits per heavy atom. The Balaban J connectivity index is 0.00000162. The zero-order chi connectivity index (χ0) is 12.1. The van der Waals surface area contributed by atoms with Crippen molar-refractivity contribution < 1.29 is 12.4 Å². The maximum Gasteiger partial charge on any atom is 0.0840 e. The van der Waals surface area contributed by atoms with Gasteiger partial charge in [-0.2, -0.15) is 0 Å². The number of benzene rings is 2. The van der Waals surface area contributed by atoms with Crippen molar-refractivity contribution in [2.45, 2.75) is 12.3 Å². The highest BCUT2D eigenvalue weighted by Crippen LogP contribution is 2.57. The van der Waals surface area contributed by atoms with E-state index in [1.54, 1.807) is 0 Å². The molecule has 0 fully saturated rings. The van der Waals surface area contributed by atoms with Gasteiger partial charge in [0, 0.05) is 20.6 Å². The molecule has 2 aromatic carbocycles. The van der Waals surface area contributed by atoms with E-state index in [1.165, 1.54) is 23.5 Å². The summed E-state index contributed by atoms with van der Waals surface area (Å²) in [7, 11) is -0.886. The first-order valence-corrected chi connectivity index (χ1v) is 9.11. The summed E-state index contributed by atoms with van der Waals surface area (Å²) >= 11 is 0. The molecule has 0 nitrogen and oxygen atoms in total. The van der Waals surface area contributed by atoms with Gasteiger partial charge in [-0.25, -0.2) is 0 Å². The van der Waals surface area contributed by atoms with Crippen LogP contribution in [0.5, 0.6) is 0 Å². The van der Waals surface area contributed by atoms with Crippen LogP contribution >= 0.6 is 7.26 Å². The summed E-state index contributed by atoms with van der Waals surface area (Å²) in [4.78, 5) is 0. The molecule has 0 aliphatic heterocycles. The van der Waals surface area contributed by atoms with Crippen molar-refractivity contribution in [2.24, 2.45) is 0 Å². The van der Waals surface area contributed by atoms with Crippen LogP contribution in [0.1, 0.15) is 11.1 Å². The van der Waals surface area contributed by atoms with Gasteiger partial charge in [0.05, 0.1) is 12.3 Å². The summed E-state index contributed by atoms with van der Waals surface area (Å²) in [5.74, 6) is 0. The van der Waals surface area contributed by atoms with Gasteiger partial charge in [-0.15, -0.1) is 0 Å². The zero-order valence-corrected chi connectivity index (χ0v) is 12.7. The second-order valence-corrected chi connectivity index (χ2v) is 9.73. The van der Waals surface area contributed by atoms with Gasteiger partial charge in [-0.1, -0.05) is 60.7 Å². The van der Waals surface area contributed by atoms with Gasteiger partial charge < -0.3 is 12.4 Å². The molecule has 2 heteroatoms. The van der Waals surface area contributed by atoms with Gasteiger partial charge >= 0.3 is 0 Å². The number of halogens is 1. The highest BCUT2D eigenvalue weighted by Gasteiger charge is 2.25. The summed E-state index contributed by atoms with van der Waals surface area (Å²) in [6, 6.07) is 21.7.